The molecule has 1 aromatic heterocycles. The summed E-state index contributed by atoms with van der Waals surface area (Å²) < 4.78 is 1.70. The largest absolute Gasteiger partial charge is 0.333 e. The lowest BCUT2D eigenvalue weighted by Crippen LogP contribution is -2.38. The van der Waals surface area contributed by atoms with Gasteiger partial charge in [0.25, 0.3) is 5.56 Å². The van der Waals surface area contributed by atoms with Gasteiger partial charge in [-0.05, 0) is 49.6 Å². The molecule has 1 unspecified atom stereocenters. The number of para-hydroxylation sites is 1. The zero-order valence-electron chi connectivity index (χ0n) is 18.4. The minimum Gasteiger partial charge on any atom is -0.333 e. The van der Waals surface area contributed by atoms with Gasteiger partial charge < -0.3 is 4.90 Å². The quantitative estimate of drug-likeness (QED) is 0.519. The molecule has 30 heavy (non-hydrogen) atoms. The Kier molecular flexibility index (Phi) is 7.03. The van der Waals surface area contributed by atoms with E-state index in [-0.39, 0.29) is 17.5 Å². The normalized spacial score (nSPS) is 12.1. The molecule has 5 heteroatoms. The minimum atomic E-state index is -0.262. The molecule has 0 spiro atoms. The van der Waals surface area contributed by atoms with Crippen LogP contribution in [-0.2, 0) is 4.79 Å². The molecule has 3 rings (SSSR count). The Labute approximate surface area is 178 Å². The Morgan fingerprint density at radius 2 is 1.87 bits per heavy atom. The topological polar surface area (TPSA) is 55.2 Å². The minimum absolute atomic E-state index is 0.0912. The van der Waals surface area contributed by atoms with Gasteiger partial charge in [-0.2, -0.15) is 0 Å². The van der Waals surface area contributed by atoms with Crippen LogP contribution in [-0.4, -0.2) is 26.9 Å². The second-order valence-electron chi connectivity index (χ2n) is 7.69. The molecule has 0 fully saturated rings. The number of carbonyl (C=O) groups excluding carboxylic acids is 1. The van der Waals surface area contributed by atoms with Crippen LogP contribution in [0.3, 0.4) is 0 Å². The van der Waals surface area contributed by atoms with Crippen LogP contribution < -0.4 is 5.56 Å². The molecule has 0 bridgehead atoms. The monoisotopic (exact) mass is 405 g/mol. The van der Waals surface area contributed by atoms with Gasteiger partial charge in [-0.25, -0.2) is 4.98 Å². The van der Waals surface area contributed by atoms with Crippen LogP contribution in [0.2, 0.25) is 0 Å². The number of hydrogen-bond acceptors (Lipinski definition) is 3. The first-order chi connectivity index (χ1) is 14.5. The second-order valence-corrected chi connectivity index (χ2v) is 7.69. The summed E-state index contributed by atoms with van der Waals surface area (Å²) in [6.45, 7) is 8.72. The molecule has 0 aliphatic carbocycles. The van der Waals surface area contributed by atoms with E-state index in [1.165, 1.54) is 0 Å². The first-order valence-corrected chi connectivity index (χ1v) is 10.9. The lowest BCUT2D eigenvalue weighted by molar-refractivity contribution is -0.133. The molecule has 1 atom stereocenters. The third-order valence-corrected chi connectivity index (χ3v) is 5.50. The molecule has 0 aliphatic rings. The zero-order valence-corrected chi connectivity index (χ0v) is 18.4. The van der Waals surface area contributed by atoms with Crippen molar-refractivity contribution < 1.29 is 4.79 Å². The number of aromatic nitrogens is 2. The van der Waals surface area contributed by atoms with Crippen molar-refractivity contribution in [1.82, 2.24) is 14.5 Å². The summed E-state index contributed by atoms with van der Waals surface area (Å²) in [7, 11) is 0. The van der Waals surface area contributed by atoms with Gasteiger partial charge in [0.05, 0.1) is 22.6 Å². The zero-order chi connectivity index (χ0) is 21.7. The fourth-order valence-electron chi connectivity index (χ4n) is 3.92. The molecule has 3 aromatic rings. The molecule has 1 heterocycles. The Balaban J connectivity index is 2.30. The maximum atomic E-state index is 13.6. The highest BCUT2D eigenvalue weighted by atomic mass is 16.2. The molecule has 0 aliphatic heterocycles. The summed E-state index contributed by atoms with van der Waals surface area (Å²) in [4.78, 5) is 33.3. The highest BCUT2D eigenvalue weighted by molar-refractivity contribution is 5.79. The van der Waals surface area contributed by atoms with E-state index in [9.17, 15) is 9.59 Å². The van der Waals surface area contributed by atoms with Crippen molar-refractivity contribution in [3.63, 3.8) is 0 Å². The molecule has 158 valence electrons. The van der Waals surface area contributed by atoms with Crippen molar-refractivity contribution >= 4 is 16.8 Å². The standard InChI is InChI=1S/C25H31N3O2/c1-5-8-16-27(23(29)7-3)22(6-2)24-26-21-15-10-9-14-20(21)25(30)28(24)19-13-11-12-18(4)17-19/h9-15,17,22H,5-8,16H2,1-4H3. The summed E-state index contributed by atoms with van der Waals surface area (Å²) in [6, 6.07) is 15.0. The first kappa shape index (κ1) is 21.8. The fourth-order valence-corrected chi connectivity index (χ4v) is 3.92. The van der Waals surface area contributed by atoms with Gasteiger partial charge >= 0.3 is 0 Å². The number of nitrogens with zero attached hydrogens (tertiary/aromatic N) is 3. The van der Waals surface area contributed by atoms with Crippen LogP contribution in [0.25, 0.3) is 16.6 Å². The third kappa shape index (κ3) is 4.30. The smallest absolute Gasteiger partial charge is 0.266 e. The van der Waals surface area contributed by atoms with Crippen LogP contribution in [0.1, 0.15) is 63.9 Å². The third-order valence-electron chi connectivity index (χ3n) is 5.50. The van der Waals surface area contributed by atoms with E-state index in [0.717, 1.165) is 24.1 Å². The van der Waals surface area contributed by atoms with E-state index < -0.39 is 0 Å². The lowest BCUT2D eigenvalue weighted by Gasteiger charge is -2.32. The molecule has 0 N–H and O–H groups in total. The Bertz CT molecular complexity index is 1090. The SMILES string of the molecule is CCCCN(C(=O)CC)C(CC)c1nc2ccccc2c(=O)n1-c1cccc(C)c1. The summed E-state index contributed by atoms with van der Waals surface area (Å²) in [5.41, 5.74) is 2.42. The Morgan fingerprint density at radius 3 is 2.53 bits per heavy atom. The van der Waals surface area contributed by atoms with E-state index in [0.29, 0.717) is 36.1 Å². The van der Waals surface area contributed by atoms with Gasteiger partial charge in [0.15, 0.2) is 0 Å². The number of unbranched alkanes of at least 4 members (excludes halogenated alkanes) is 1. The maximum absolute atomic E-state index is 13.6. The van der Waals surface area contributed by atoms with E-state index in [4.69, 9.17) is 4.98 Å². The van der Waals surface area contributed by atoms with Crippen LogP contribution in [0, 0.1) is 6.92 Å². The van der Waals surface area contributed by atoms with Gasteiger partial charge in [0.1, 0.15) is 5.82 Å². The second kappa shape index (κ2) is 9.70. The van der Waals surface area contributed by atoms with E-state index >= 15 is 0 Å². The molecule has 1 amide bonds. The average Bonchev–Trinajstić information content (AvgIpc) is 2.76. The van der Waals surface area contributed by atoms with Gasteiger partial charge in [0, 0.05) is 13.0 Å². The summed E-state index contributed by atoms with van der Waals surface area (Å²) in [5, 5.41) is 0.583. The molecular weight excluding hydrogens is 374 g/mol. The van der Waals surface area contributed by atoms with Crippen molar-refractivity contribution in [2.75, 3.05) is 6.54 Å². The Hall–Kier alpha value is -2.95. The van der Waals surface area contributed by atoms with Crippen LogP contribution in [0.5, 0.6) is 0 Å². The predicted octanol–water partition coefficient (Wildman–Crippen LogP) is 5.18. The number of aryl methyl sites for hydroxylation is 1. The molecule has 0 radical (unpaired) electrons. The number of fused-ring (bicyclic) bond motifs is 1. The molecule has 0 saturated carbocycles. The van der Waals surface area contributed by atoms with Gasteiger partial charge in [-0.15, -0.1) is 0 Å². The van der Waals surface area contributed by atoms with Crippen molar-refractivity contribution in [2.45, 2.75) is 59.4 Å². The van der Waals surface area contributed by atoms with Crippen LogP contribution in [0.15, 0.2) is 53.3 Å². The van der Waals surface area contributed by atoms with Gasteiger partial charge in [-0.1, -0.05) is 51.5 Å². The van der Waals surface area contributed by atoms with Crippen molar-refractivity contribution in [1.29, 1.82) is 0 Å². The average molecular weight is 406 g/mol. The van der Waals surface area contributed by atoms with Gasteiger partial charge in [-0.3, -0.25) is 14.2 Å². The lowest BCUT2D eigenvalue weighted by atomic mass is 10.1. The number of amides is 1. The van der Waals surface area contributed by atoms with E-state index in [2.05, 4.69) is 13.8 Å². The predicted molar refractivity (Wildman–Crippen MR) is 122 cm³/mol. The van der Waals surface area contributed by atoms with Crippen LogP contribution in [0.4, 0.5) is 0 Å². The number of benzene rings is 2. The highest BCUT2D eigenvalue weighted by Gasteiger charge is 2.28. The number of hydrogen-bond donors (Lipinski definition) is 0. The summed E-state index contributed by atoms with van der Waals surface area (Å²) >= 11 is 0. The summed E-state index contributed by atoms with van der Waals surface area (Å²) in [6.07, 6.45) is 3.04. The number of carbonyl (C=O) groups is 1. The highest BCUT2D eigenvalue weighted by Crippen LogP contribution is 2.27. The van der Waals surface area contributed by atoms with Gasteiger partial charge in [0.2, 0.25) is 5.91 Å². The van der Waals surface area contributed by atoms with Crippen LogP contribution >= 0.6 is 0 Å². The van der Waals surface area contributed by atoms with E-state index in [1.807, 2.05) is 67.3 Å². The molecule has 0 saturated heterocycles. The van der Waals surface area contributed by atoms with Crippen molar-refractivity contribution in [2.24, 2.45) is 0 Å². The van der Waals surface area contributed by atoms with Crippen molar-refractivity contribution in [3.8, 4) is 5.69 Å². The molecule has 2 aromatic carbocycles. The van der Waals surface area contributed by atoms with Crippen molar-refractivity contribution in [3.05, 3.63) is 70.3 Å². The maximum Gasteiger partial charge on any atom is 0.266 e. The molecule has 5 nitrogen and oxygen atoms in total. The fraction of sp³-hybridized carbons (Fsp3) is 0.400. The first-order valence-electron chi connectivity index (χ1n) is 10.9. The molecular formula is C25H31N3O2. The summed E-state index contributed by atoms with van der Waals surface area (Å²) in [5.74, 6) is 0.721. The Morgan fingerprint density at radius 1 is 1.10 bits per heavy atom. The number of rotatable bonds is 8. The van der Waals surface area contributed by atoms with E-state index in [1.54, 1.807) is 4.57 Å².